The molecule has 1 amide bonds. The summed E-state index contributed by atoms with van der Waals surface area (Å²) in [6.45, 7) is 0.146. The van der Waals surface area contributed by atoms with Crippen LogP contribution in [-0.2, 0) is 35.3 Å². The number of nitrogens with zero attached hydrogens (tertiary/aromatic N) is 2. The number of fused-ring (bicyclic) bond motifs is 1. The van der Waals surface area contributed by atoms with Gasteiger partial charge in [-0.1, -0.05) is 47.2 Å². The van der Waals surface area contributed by atoms with Crippen LogP contribution >= 0.6 is 22.6 Å². The van der Waals surface area contributed by atoms with Crippen LogP contribution in [-0.4, -0.2) is 44.2 Å². The van der Waals surface area contributed by atoms with E-state index in [1.165, 1.54) is 19.2 Å². The molecule has 35 heavy (non-hydrogen) atoms. The lowest BCUT2D eigenvalue weighted by atomic mass is 10.0. The van der Waals surface area contributed by atoms with Gasteiger partial charge in [0.25, 0.3) is 10.0 Å². The summed E-state index contributed by atoms with van der Waals surface area (Å²) in [4.78, 5) is 27.6. The number of benzene rings is 2. The molecule has 2 aromatic carbocycles. The van der Waals surface area contributed by atoms with E-state index in [1.807, 2.05) is 6.07 Å². The zero-order chi connectivity index (χ0) is 25.2. The summed E-state index contributed by atoms with van der Waals surface area (Å²) in [6.07, 6.45) is 1.65. The summed E-state index contributed by atoms with van der Waals surface area (Å²) < 4.78 is 48.5. The Morgan fingerprint density at radius 2 is 1.89 bits per heavy atom. The van der Waals surface area contributed by atoms with Crippen molar-refractivity contribution in [2.24, 2.45) is 10.3 Å². The van der Waals surface area contributed by atoms with Crippen LogP contribution in [0.2, 0.25) is 0 Å². The average Bonchev–Trinajstić information content (AvgIpc) is 3.32. The van der Waals surface area contributed by atoms with Crippen molar-refractivity contribution >= 4 is 56.0 Å². The van der Waals surface area contributed by atoms with Gasteiger partial charge in [-0.2, -0.15) is 8.42 Å². The Morgan fingerprint density at radius 3 is 2.57 bits per heavy atom. The Bertz CT molecular complexity index is 1270. The maximum Gasteiger partial charge on any atom is 0.310 e. The van der Waals surface area contributed by atoms with Gasteiger partial charge < -0.3 is 15.0 Å². The van der Waals surface area contributed by atoms with Gasteiger partial charge in [0.15, 0.2) is 0 Å². The number of halogens is 2. The topological polar surface area (TPSA) is 105 Å². The molecule has 2 aromatic rings. The predicted octanol–water partition coefficient (Wildman–Crippen LogP) is 4.03. The number of carbonyl (C=O) groups is 2. The zero-order valence-electron chi connectivity index (χ0n) is 19.0. The minimum Gasteiger partial charge on any atom is -0.469 e. The molecule has 0 bridgehead atoms. The summed E-state index contributed by atoms with van der Waals surface area (Å²) >= 11 is 2.15. The Kier molecular flexibility index (Phi) is 7.74. The number of hydrogen-bond acceptors (Lipinski definition) is 6. The number of hydrogen-bond donors (Lipinski definition) is 1. The molecule has 1 aliphatic heterocycles. The van der Waals surface area contributed by atoms with Gasteiger partial charge in [0, 0.05) is 17.0 Å². The molecule has 4 rings (SSSR count). The third-order valence-electron chi connectivity index (χ3n) is 6.28. The van der Waals surface area contributed by atoms with Crippen molar-refractivity contribution in [3.05, 3.63) is 59.4 Å². The van der Waals surface area contributed by atoms with Crippen molar-refractivity contribution < 1.29 is 27.1 Å². The molecule has 0 saturated heterocycles. The number of nitrogens with one attached hydrogen (secondary N) is 1. The average molecular weight is 613 g/mol. The highest BCUT2D eigenvalue weighted by molar-refractivity contribution is 14.1. The van der Waals surface area contributed by atoms with E-state index in [1.54, 1.807) is 29.2 Å². The molecule has 186 valence electrons. The van der Waals surface area contributed by atoms with Gasteiger partial charge in [-0.05, 0) is 48.2 Å². The molecular weight excluding hydrogens is 588 g/mol. The minimum atomic E-state index is -3.97. The first kappa shape index (κ1) is 25.5. The van der Waals surface area contributed by atoms with Crippen LogP contribution in [0, 0.1) is 11.7 Å². The second kappa shape index (κ2) is 10.6. The summed E-state index contributed by atoms with van der Waals surface area (Å²) in [5.41, 5.74) is 1.91. The predicted molar refractivity (Wildman–Crippen MR) is 137 cm³/mol. The molecule has 1 aliphatic carbocycles. The number of ether oxygens (including phenoxy) is 1. The Morgan fingerprint density at radius 1 is 1.17 bits per heavy atom. The van der Waals surface area contributed by atoms with Crippen molar-refractivity contribution in [1.82, 2.24) is 4.90 Å². The van der Waals surface area contributed by atoms with E-state index < -0.39 is 27.8 Å². The molecule has 0 unspecified atom stereocenters. The van der Waals surface area contributed by atoms with Crippen molar-refractivity contribution in [3.8, 4) is 0 Å². The fourth-order valence-corrected chi connectivity index (χ4v) is 6.25. The second-order valence-corrected chi connectivity index (χ2v) is 10.9. The fraction of sp³-hybridized carbons (Fsp3) is 0.375. The molecule has 1 heterocycles. The lowest BCUT2D eigenvalue weighted by molar-refractivity contribution is -0.149. The molecular formula is C24H25FIN3O5S. The normalized spacial score (nSPS) is 20.4. The molecule has 1 fully saturated rings. The summed E-state index contributed by atoms with van der Waals surface area (Å²) in [5.74, 6) is -1.64. The largest absolute Gasteiger partial charge is 0.469 e. The minimum absolute atomic E-state index is 0.0152. The Labute approximate surface area is 217 Å². The van der Waals surface area contributed by atoms with Gasteiger partial charge in [-0.15, -0.1) is 4.40 Å². The zero-order valence-corrected chi connectivity index (χ0v) is 22.0. The summed E-state index contributed by atoms with van der Waals surface area (Å²) in [6, 6.07) is 10.4. The maximum atomic E-state index is 13.5. The molecule has 2 atom stereocenters. The lowest BCUT2D eigenvalue weighted by Gasteiger charge is -2.33. The number of methoxy groups -OCH3 is 1. The highest BCUT2D eigenvalue weighted by Crippen LogP contribution is 2.34. The van der Waals surface area contributed by atoms with E-state index in [-0.39, 0.29) is 35.6 Å². The van der Waals surface area contributed by atoms with Crippen molar-refractivity contribution in [2.75, 3.05) is 12.4 Å². The molecule has 8 nitrogen and oxygen atoms in total. The molecule has 11 heteroatoms. The van der Waals surface area contributed by atoms with Gasteiger partial charge >= 0.3 is 5.97 Å². The number of carbonyl (C=O) groups excluding carboxylic acids is 2. The van der Waals surface area contributed by atoms with E-state index in [0.717, 1.165) is 12.0 Å². The SMILES string of the molecule is COC(=O)[C@@H]1CCC[C@@H]1N(Cc1ccc(F)cc1)C(=O)CC1=NS(=O)(=O)c2cc(CI)ccc2N1. The van der Waals surface area contributed by atoms with Crippen LogP contribution in [0.1, 0.15) is 36.8 Å². The number of alkyl halides is 1. The number of anilines is 1. The van der Waals surface area contributed by atoms with Gasteiger partial charge in [0.1, 0.15) is 16.5 Å². The first-order chi connectivity index (χ1) is 16.7. The van der Waals surface area contributed by atoms with Gasteiger partial charge in [0.2, 0.25) is 5.91 Å². The van der Waals surface area contributed by atoms with E-state index >= 15 is 0 Å². The highest BCUT2D eigenvalue weighted by Gasteiger charge is 2.40. The van der Waals surface area contributed by atoms with Gasteiger partial charge in [-0.3, -0.25) is 9.59 Å². The number of amidine groups is 1. The third kappa shape index (κ3) is 5.66. The van der Waals surface area contributed by atoms with Crippen molar-refractivity contribution in [3.63, 3.8) is 0 Å². The third-order valence-corrected chi connectivity index (χ3v) is 8.51. The maximum absolute atomic E-state index is 13.5. The van der Waals surface area contributed by atoms with Gasteiger partial charge in [-0.25, -0.2) is 4.39 Å². The molecule has 0 spiro atoms. The van der Waals surface area contributed by atoms with Crippen molar-refractivity contribution in [2.45, 2.75) is 47.6 Å². The molecule has 1 N–H and O–H groups in total. The number of sulfonamides is 1. The van der Waals surface area contributed by atoms with Crippen molar-refractivity contribution in [1.29, 1.82) is 0 Å². The van der Waals surface area contributed by atoms with E-state index in [4.69, 9.17) is 4.74 Å². The molecule has 0 aromatic heterocycles. The van der Waals surface area contributed by atoms with Crippen LogP contribution in [0.15, 0.2) is 51.8 Å². The first-order valence-corrected chi connectivity index (χ1v) is 14.1. The molecule has 2 aliphatic rings. The monoisotopic (exact) mass is 613 g/mol. The smallest absolute Gasteiger partial charge is 0.310 e. The van der Waals surface area contributed by atoms with E-state index in [0.29, 0.717) is 28.5 Å². The molecule has 0 radical (unpaired) electrons. The molecule has 1 saturated carbocycles. The number of amides is 1. The fourth-order valence-electron chi connectivity index (χ4n) is 4.58. The van der Waals surface area contributed by atoms with Crippen LogP contribution in [0.25, 0.3) is 0 Å². The number of rotatable bonds is 7. The van der Waals surface area contributed by atoms with E-state index in [9.17, 15) is 22.4 Å². The van der Waals surface area contributed by atoms with E-state index in [2.05, 4.69) is 32.3 Å². The summed E-state index contributed by atoms with van der Waals surface area (Å²) in [7, 11) is -2.65. The Hall–Kier alpha value is -2.54. The standard InChI is InChI=1S/C24H25FIN3O5S/c1-34-24(31)18-3-2-4-20(18)29(14-15-5-8-17(25)9-6-15)23(30)12-22-27-19-10-7-16(13-26)11-21(19)35(32,33)28-22/h5-11,18,20H,2-4,12-14H2,1H3,(H,27,28)/t18-,20+/m1/s1. The van der Waals surface area contributed by atoms with Crippen LogP contribution < -0.4 is 5.32 Å². The quantitative estimate of drug-likeness (QED) is 0.287. The Balaban J connectivity index is 1.61. The van der Waals surface area contributed by atoms with Gasteiger partial charge in [0.05, 0.1) is 25.1 Å². The first-order valence-electron chi connectivity index (χ1n) is 11.1. The van der Waals surface area contributed by atoms with Crippen LogP contribution in [0.4, 0.5) is 10.1 Å². The highest BCUT2D eigenvalue weighted by atomic mass is 127. The second-order valence-electron chi connectivity index (χ2n) is 8.55. The van der Waals surface area contributed by atoms with Crippen LogP contribution in [0.3, 0.4) is 0 Å². The summed E-state index contributed by atoms with van der Waals surface area (Å²) in [5, 5.41) is 2.98. The van der Waals surface area contributed by atoms with Crippen LogP contribution in [0.5, 0.6) is 0 Å². The lowest BCUT2D eigenvalue weighted by Crippen LogP contribution is -2.45. The number of esters is 1.